The molecule has 2 heteroatoms. The molecule has 0 aliphatic rings. The molecule has 0 amide bonds. The van der Waals surface area contributed by atoms with E-state index in [1.54, 1.807) is 0 Å². The van der Waals surface area contributed by atoms with Gasteiger partial charge in [0.05, 0.1) is 5.41 Å². The van der Waals surface area contributed by atoms with Crippen LogP contribution < -0.4 is 0 Å². The zero-order chi connectivity index (χ0) is 20.8. The maximum Gasteiger partial charge on any atom is 0.303 e. The molecule has 1 atom stereocenters. The summed E-state index contributed by atoms with van der Waals surface area (Å²) in [7, 11) is 0. The van der Waals surface area contributed by atoms with Crippen LogP contribution in [0, 0.1) is 0 Å². The van der Waals surface area contributed by atoms with E-state index in [2.05, 4.69) is 36.4 Å². The Morgan fingerprint density at radius 2 is 0.933 bits per heavy atom. The molecule has 2 nitrogen and oxygen atoms in total. The second kappa shape index (κ2) is 8.79. The predicted molar refractivity (Wildman–Crippen MR) is 120 cm³/mol. The first-order chi connectivity index (χ1) is 14.7. The van der Waals surface area contributed by atoms with E-state index in [4.69, 9.17) is 4.74 Å². The summed E-state index contributed by atoms with van der Waals surface area (Å²) in [5, 5.41) is 0. The Kier molecular flexibility index (Phi) is 5.76. The lowest BCUT2D eigenvalue weighted by Crippen LogP contribution is -2.38. The van der Waals surface area contributed by atoms with Crippen molar-refractivity contribution in [3.05, 3.63) is 144 Å². The van der Waals surface area contributed by atoms with Gasteiger partial charge in [-0.2, -0.15) is 0 Å². The van der Waals surface area contributed by atoms with Gasteiger partial charge in [-0.25, -0.2) is 0 Å². The van der Waals surface area contributed by atoms with Gasteiger partial charge in [0.15, 0.2) is 0 Å². The molecule has 30 heavy (non-hydrogen) atoms. The number of hydrogen-bond donors (Lipinski definition) is 0. The first-order valence-corrected chi connectivity index (χ1v) is 10.1. The second-order valence-electron chi connectivity index (χ2n) is 7.31. The van der Waals surface area contributed by atoms with Crippen LogP contribution in [0.1, 0.15) is 35.3 Å². The third kappa shape index (κ3) is 3.65. The Balaban J connectivity index is 2.12. The summed E-state index contributed by atoms with van der Waals surface area (Å²) in [4.78, 5) is 12.3. The lowest BCUT2D eigenvalue weighted by molar-refractivity contribution is -0.149. The summed E-state index contributed by atoms with van der Waals surface area (Å²) in [5.41, 5.74) is 3.44. The van der Waals surface area contributed by atoms with Gasteiger partial charge in [0.1, 0.15) is 6.10 Å². The van der Waals surface area contributed by atoms with Crippen LogP contribution in [0.4, 0.5) is 0 Å². The van der Waals surface area contributed by atoms with E-state index >= 15 is 0 Å². The first kappa shape index (κ1) is 19.7. The first-order valence-electron chi connectivity index (χ1n) is 10.1. The summed E-state index contributed by atoms with van der Waals surface area (Å²) in [6.07, 6.45) is -0.539. The van der Waals surface area contributed by atoms with Crippen LogP contribution in [0.2, 0.25) is 0 Å². The van der Waals surface area contributed by atoms with Crippen LogP contribution in [-0.2, 0) is 14.9 Å². The maximum atomic E-state index is 12.3. The number of carbonyl (C=O) groups excluding carboxylic acids is 1. The van der Waals surface area contributed by atoms with Crippen LogP contribution in [-0.4, -0.2) is 5.97 Å². The molecule has 0 radical (unpaired) electrons. The van der Waals surface area contributed by atoms with E-state index in [1.807, 2.05) is 84.9 Å². The van der Waals surface area contributed by atoms with Gasteiger partial charge in [-0.1, -0.05) is 121 Å². The van der Waals surface area contributed by atoms with Crippen LogP contribution in [0.15, 0.2) is 121 Å². The van der Waals surface area contributed by atoms with Gasteiger partial charge < -0.3 is 4.74 Å². The van der Waals surface area contributed by atoms with Crippen LogP contribution in [0.25, 0.3) is 0 Å². The van der Waals surface area contributed by atoms with Crippen molar-refractivity contribution in [3.63, 3.8) is 0 Å². The fraction of sp³-hybridized carbons (Fsp3) is 0.107. The molecule has 4 aromatic carbocycles. The normalized spacial score (nSPS) is 12.2. The minimum atomic E-state index is -0.712. The quantitative estimate of drug-likeness (QED) is 0.283. The Morgan fingerprint density at radius 3 is 1.27 bits per heavy atom. The van der Waals surface area contributed by atoms with E-state index in [9.17, 15) is 4.79 Å². The number of rotatable bonds is 6. The average Bonchev–Trinajstić information content (AvgIpc) is 2.81. The Morgan fingerprint density at radius 1 is 0.600 bits per heavy atom. The van der Waals surface area contributed by atoms with E-state index in [1.165, 1.54) is 6.92 Å². The highest BCUT2D eigenvalue weighted by Gasteiger charge is 2.46. The summed E-state index contributed by atoms with van der Waals surface area (Å²) in [6, 6.07) is 40.9. The molecule has 0 aliphatic carbocycles. The molecule has 0 saturated heterocycles. The highest BCUT2D eigenvalue weighted by Crippen LogP contribution is 2.50. The SMILES string of the molecule is CC(=O)O[C@H](c1ccccc1)C(c1ccccc1)(c1ccccc1)c1ccccc1. The molecule has 0 spiro atoms. The van der Waals surface area contributed by atoms with Crippen molar-refractivity contribution in [2.75, 3.05) is 0 Å². The third-order valence-corrected chi connectivity index (χ3v) is 5.47. The zero-order valence-electron chi connectivity index (χ0n) is 16.9. The number of ether oxygens (including phenoxy) is 1. The molecule has 4 rings (SSSR count). The highest BCUT2D eigenvalue weighted by molar-refractivity contribution is 5.67. The van der Waals surface area contributed by atoms with Gasteiger partial charge in [-0.15, -0.1) is 0 Å². The topological polar surface area (TPSA) is 26.3 Å². The lowest BCUT2D eigenvalue weighted by Gasteiger charge is -2.42. The molecule has 0 heterocycles. The van der Waals surface area contributed by atoms with Crippen molar-refractivity contribution in [2.45, 2.75) is 18.4 Å². The standard InChI is InChI=1S/C28H24O2/c1-22(29)30-27(23-14-6-2-7-15-23)28(24-16-8-3-9-17-24,25-18-10-4-11-19-25)26-20-12-5-13-21-26/h2-21,27H,1H3/t27-/m1/s1. The van der Waals surface area contributed by atoms with Gasteiger partial charge in [-0.05, 0) is 22.3 Å². The number of hydrogen-bond acceptors (Lipinski definition) is 2. The lowest BCUT2D eigenvalue weighted by atomic mass is 9.64. The average molecular weight is 392 g/mol. The van der Waals surface area contributed by atoms with Crippen molar-refractivity contribution in [1.82, 2.24) is 0 Å². The molecule has 0 unspecified atom stereocenters. The molecule has 4 aromatic rings. The summed E-state index contributed by atoms with van der Waals surface area (Å²) >= 11 is 0. The number of esters is 1. The Bertz CT molecular complexity index is 978. The van der Waals surface area contributed by atoms with Crippen LogP contribution >= 0.6 is 0 Å². The summed E-state index contributed by atoms with van der Waals surface area (Å²) in [5.74, 6) is -0.309. The van der Waals surface area contributed by atoms with Gasteiger partial charge in [-0.3, -0.25) is 4.79 Å². The molecule has 0 bridgehead atoms. The van der Waals surface area contributed by atoms with Gasteiger partial charge in [0, 0.05) is 6.92 Å². The fourth-order valence-corrected chi connectivity index (χ4v) is 4.26. The minimum Gasteiger partial charge on any atom is -0.456 e. The summed E-state index contributed by atoms with van der Waals surface area (Å²) in [6.45, 7) is 1.47. The molecule has 0 saturated carbocycles. The third-order valence-electron chi connectivity index (χ3n) is 5.47. The molecule has 0 aromatic heterocycles. The van der Waals surface area contributed by atoms with Crippen LogP contribution in [0.3, 0.4) is 0 Å². The van der Waals surface area contributed by atoms with Gasteiger partial charge in [0.25, 0.3) is 0 Å². The highest BCUT2D eigenvalue weighted by atomic mass is 16.5. The second-order valence-corrected chi connectivity index (χ2v) is 7.31. The monoisotopic (exact) mass is 392 g/mol. The Hall–Kier alpha value is -3.65. The molecule has 0 fully saturated rings. The van der Waals surface area contributed by atoms with E-state index < -0.39 is 11.5 Å². The smallest absolute Gasteiger partial charge is 0.303 e. The summed E-state index contributed by atoms with van der Waals surface area (Å²) < 4.78 is 6.13. The van der Waals surface area contributed by atoms with Crippen molar-refractivity contribution >= 4 is 5.97 Å². The molecule has 0 N–H and O–H groups in total. The molecular weight excluding hydrogens is 368 g/mol. The van der Waals surface area contributed by atoms with Crippen LogP contribution in [0.5, 0.6) is 0 Å². The number of benzene rings is 4. The zero-order valence-corrected chi connectivity index (χ0v) is 16.9. The predicted octanol–water partition coefficient (Wildman–Crippen LogP) is 6.33. The van der Waals surface area contributed by atoms with Gasteiger partial charge >= 0.3 is 5.97 Å². The largest absolute Gasteiger partial charge is 0.456 e. The van der Waals surface area contributed by atoms with Gasteiger partial charge in [0.2, 0.25) is 0 Å². The van der Waals surface area contributed by atoms with Crippen molar-refractivity contribution < 1.29 is 9.53 Å². The minimum absolute atomic E-state index is 0.309. The maximum absolute atomic E-state index is 12.3. The fourth-order valence-electron chi connectivity index (χ4n) is 4.26. The number of carbonyl (C=O) groups is 1. The van der Waals surface area contributed by atoms with Crippen molar-refractivity contribution in [3.8, 4) is 0 Å². The van der Waals surface area contributed by atoms with E-state index in [0.717, 1.165) is 22.3 Å². The van der Waals surface area contributed by atoms with E-state index in [0.29, 0.717) is 0 Å². The van der Waals surface area contributed by atoms with Crippen molar-refractivity contribution in [2.24, 2.45) is 0 Å². The molecule has 0 aliphatic heterocycles. The molecular formula is C28H24O2. The Labute approximate surface area is 177 Å². The van der Waals surface area contributed by atoms with Crippen molar-refractivity contribution in [1.29, 1.82) is 0 Å². The van der Waals surface area contributed by atoms with E-state index in [-0.39, 0.29) is 5.97 Å². The molecule has 148 valence electrons.